The highest BCUT2D eigenvalue weighted by molar-refractivity contribution is 5.94. The minimum atomic E-state index is 0.507. The molecule has 0 radical (unpaired) electrons. The number of aromatic nitrogens is 2. The smallest absolute Gasteiger partial charge is 0.227 e. The maximum atomic E-state index is 5.88. The van der Waals surface area contributed by atoms with E-state index in [0.717, 1.165) is 53.0 Å². The Morgan fingerprint density at radius 3 is 2.56 bits per heavy atom. The lowest BCUT2D eigenvalue weighted by atomic mass is 10.0. The van der Waals surface area contributed by atoms with Gasteiger partial charge < -0.3 is 16.4 Å². The molecule has 5 rings (SSSR count). The molecule has 0 amide bonds. The lowest BCUT2D eigenvalue weighted by molar-refractivity contribution is 0.166. The van der Waals surface area contributed by atoms with Gasteiger partial charge in [0.05, 0.1) is 5.52 Å². The molecule has 4 N–H and O–H groups in total. The van der Waals surface area contributed by atoms with Gasteiger partial charge in [0.1, 0.15) is 0 Å². The number of nitrogen functional groups attached to an aromatic ring is 1. The second-order valence-corrected chi connectivity index (χ2v) is 9.55. The van der Waals surface area contributed by atoms with Crippen LogP contribution >= 0.6 is 0 Å². The van der Waals surface area contributed by atoms with Crippen molar-refractivity contribution in [2.75, 3.05) is 24.1 Å². The molecule has 0 saturated carbocycles. The van der Waals surface area contributed by atoms with Crippen LogP contribution in [0, 0.1) is 6.92 Å². The van der Waals surface area contributed by atoms with Crippen molar-refractivity contribution in [3.8, 4) is 11.1 Å². The molecule has 174 valence electrons. The van der Waals surface area contributed by atoms with E-state index in [2.05, 4.69) is 65.6 Å². The van der Waals surface area contributed by atoms with Crippen molar-refractivity contribution in [1.29, 1.82) is 0 Å². The molecule has 1 aromatic heterocycles. The lowest BCUT2D eigenvalue weighted by Gasteiger charge is -2.36. The summed E-state index contributed by atoms with van der Waals surface area (Å²) < 4.78 is 0. The molecule has 1 aliphatic rings. The Labute approximate surface area is 201 Å². The maximum absolute atomic E-state index is 5.88. The molecule has 2 atom stereocenters. The van der Waals surface area contributed by atoms with Gasteiger partial charge in [-0.3, -0.25) is 4.90 Å². The molecule has 6 heteroatoms. The van der Waals surface area contributed by atoms with Crippen molar-refractivity contribution in [1.82, 2.24) is 20.2 Å². The number of benzene rings is 3. The Morgan fingerprint density at radius 1 is 1.03 bits per heavy atom. The van der Waals surface area contributed by atoms with E-state index in [-0.39, 0.29) is 0 Å². The van der Waals surface area contributed by atoms with E-state index in [9.17, 15) is 0 Å². The SMILES string of the molecule is Cc1cc(CN2C[C@@H](C)N[C@@H](C)C2)cc(Nc2ncc3cccc(-c4ccc(N)cc4)c3n2)c1. The van der Waals surface area contributed by atoms with Crippen LogP contribution in [0.2, 0.25) is 0 Å². The van der Waals surface area contributed by atoms with Gasteiger partial charge in [-0.15, -0.1) is 0 Å². The number of piperazine rings is 1. The Hall–Kier alpha value is -3.48. The van der Waals surface area contributed by atoms with E-state index in [1.165, 1.54) is 11.1 Å². The van der Waals surface area contributed by atoms with Gasteiger partial charge in [0, 0.05) is 60.2 Å². The maximum Gasteiger partial charge on any atom is 0.227 e. The van der Waals surface area contributed by atoms with E-state index in [0.29, 0.717) is 18.0 Å². The van der Waals surface area contributed by atoms with Crippen LogP contribution in [-0.4, -0.2) is 40.0 Å². The standard InChI is InChI=1S/C28H32N6/c1-18-11-21(17-34-15-19(2)31-20(3)16-34)13-25(12-18)32-28-30-14-23-5-4-6-26(27(23)33-28)22-7-9-24(29)10-8-22/h4-14,19-20,31H,15-17,29H2,1-3H3,(H,30,32,33)/t19-,20+. The van der Waals surface area contributed by atoms with Gasteiger partial charge in [-0.1, -0.05) is 36.4 Å². The second kappa shape index (κ2) is 9.41. The van der Waals surface area contributed by atoms with Crippen LogP contribution in [0.15, 0.2) is 66.9 Å². The number of fused-ring (bicyclic) bond motifs is 1. The minimum Gasteiger partial charge on any atom is -0.399 e. The van der Waals surface area contributed by atoms with E-state index >= 15 is 0 Å². The quantitative estimate of drug-likeness (QED) is 0.365. The number of hydrogen-bond donors (Lipinski definition) is 3. The molecule has 0 bridgehead atoms. The largest absolute Gasteiger partial charge is 0.399 e. The van der Waals surface area contributed by atoms with E-state index < -0.39 is 0 Å². The predicted molar refractivity (Wildman–Crippen MR) is 141 cm³/mol. The first-order valence-electron chi connectivity index (χ1n) is 11.9. The molecule has 1 saturated heterocycles. The molecule has 34 heavy (non-hydrogen) atoms. The highest BCUT2D eigenvalue weighted by Gasteiger charge is 2.21. The van der Waals surface area contributed by atoms with Crippen molar-refractivity contribution >= 4 is 28.2 Å². The Balaban J connectivity index is 1.42. The zero-order valence-electron chi connectivity index (χ0n) is 20.0. The van der Waals surface area contributed by atoms with Crippen LogP contribution in [0.3, 0.4) is 0 Å². The van der Waals surface area contributed by atoms with Gasteiger partial charge in [-0.05, 0) is 61.7 Å². The average Bonchev–Trinajstić information content (AvgIpc) is 2.78. The number of nitrogens with zero attached hydrogens (tertiary/aromatic N) is 3. The molecule has 0 aliphatic carbocycles. The molecule has 2 heterocycles. The molecular weight excluding hydrogens is 420 g/mol. The molecular formula is C28H32N6. The zero-order valence-corrected chi connectivity index (χ0v) is 20.0. The summed E-state index contributed by atoms with van der Waals surface area (Å²) in [6.07, 6.45) is 1.88. The summed E-state index contributed by atoms with van der Waals surface area (Å²) in [5.41, 5.74) is 13.2. The Kier molecular flexibility index (Phi) is 6.18. The first-order chi connectivity index (χ1) is 16.4. The second-order valence-electron chi connectivity index (χ2n) is 9.55. The average molecular weight is 453 g/mol. The third-order valence-electron chi connectivity index (χ3n) is 6.27. The van der Waals surface area contributed by atoms with Gasteiger partial charge in [-0.2, -0.15) is 0 Å². The number of rotatable bonds is 5. The number of nitrogens with one attached hydrogen (secondary N) is 2. The number of aryl methyl sites for hydroxylation is 1. The number of hydrogen-bond acceptors (Lipinski definition) is 6. The molecule has 1 fully saturated rings. The number of para-hydroxylation sites is 1. The van der Waals surface area contributed by atoms with E-state index in [1.807, 2.05) is 42.6 Å². The fourth-order valence-electron chi connectivity index (χ4n) is 4.99. The first kappa shape index (κ1) is 22.3. The molecule has 4 aromatic rings. The van der Waals surface area contributed by atoms with Crippen LogP contribution in [-0.2, 0) is 6.54 Å². The van der Waals surface area contributed by atoms with Gasteiger partial charge in [0.15, 0.2) is 0 Å². The van der Waals surface area contributed by atoms with E-state index in [4.69, 9.17) is 10.7 Å². The van der Waals surface area contributed by atoms with Gasteiger partial charge >= 0.3 is 0 Å². The summed E-state index contributed by atoms with van der Waals surface area (Å²) in [7, 11) is 0. The molecule has 0 unspecified atom stereocenters. The van der Waals surface area contributed by atoms with Crippen molar-refractivity contribution in [3.05, 3.63) is 78.0 Å². The van der Waals surface area contributed by atoms with Crippen LogP contribution in [0.25, 0.3) is 22.0 Å². The molecule has 3 aromatic carbocycles. The third-order valence-corrected chi connectivity index (χ3v) is 6.27. The summed E-state index contributed by atoms with van der Waals surface area (Å²) in [5, 5.41) is 8.06. The normalized spacial score (nSPS) is 18.8. The van der Waals surface area contributed by atoms with Gasteiger partial charge in [0.2, 0.25) is 5.95 Å². The Bertz CT molecular complexity index is 1290. The molecule has 0 spiro atoms. The monoisotopic (exact) mass is 452 g/mol. The predicted octanol–water partition coefficient (Wildman–Crippen LogP) is 5.11. The fraction of sp³-hybridized carbons (Fsp3) is 0.286. The fourth-order valence-corrected chi connectivity index (χ4v) is 4.99. The number of nitrogens with two attached hydrogens (primary N) is 1. The van der Waals surface area contributed by atoms with Crippen LogP contribution in [0.4, 0.5) is 17.3 Å². The third kappa shape index (κ3) is 5.03. The van der Waals surface area contributed by atoms with Crippen LogP contribution < -0.4 is 16.4 Å². The highest BCUT2D eigenvalue weighted by Crippen LogP contribution is 2.29. The molecule has 1 aliphatic heterocycles. The minimum absolute atomic E-state index is 0.507. The van der Waals surface area contributed by atoms with Crippen molar-refractivity contribution in [2.45, 2.75) is 39.4 Å². The van der Waals surface area contributed by atoms with Crippen molar-refractivity contribution in [2.24, 2.45) is 0 Å². The zero-order chi connectivity index (χ0) is 23.7. The highest BCUT2D eigenvalue weighted by atomic mass is 15.2. The van der Waals surface area contributed by atoms with Crippen LogP contribution in [0.5, 0.6) is 0 Å². The van der Waals surface area contributed by atoms with Crippen LogP contribution in [0.1, 0.15) is 25.0 Å². The summed E-state index contributed by atoms with van der Waals surface area (Å²) in [5.74, 6) is 0.594. The summed E-state index contributed by atoms with van der Waals surface area (Å²) in [4.78, 5) is 12.0. The lowest BCUT2D eigenvalue weighted by Crippen LogP contribution is -2.53. The van der Waals surface area contributed by atoms with Crippen molar-refractivity contribution in [3.63, 3.8) is 0 Å². The van der Waals surface area contributed by atoms with Crippen molar-refractivity contribution < 1.29 is 0 Å². The van der Waals surface area contributed by atoms with Gasteiger partial charge in [0.25, 0.3) is 0 Å². The first-order valence-corrected chi connectivity index (χ1v) is 11.9. The van der Waals surface area contributed by atoms with E-state index in [1.54, 1.807) is 0 Å². The van der Waals surface area contributed by atoms with Gasteiger partial charge in [-0.25, -0.2) is 9.97 Å². The summed E-state index contributed by atoms with van der Waals surface area (Å²) in [6, 6.07) is 21.7. The summed E-state index contributed by atoms with van der Waals surface area (Å²) in [6.45, 7) is 9.69. The topological polar surface area (TPSA) is 79.1 Å². The Morgan fingerprint density at radius 2 is 1.79 bits per heavy atom. The summed E-state index contributed by atoms with van der Waals surface area (Å²) >= 11 is 0. The number of anilines is 3. The molecule has 6 nitrogen and oxygen atoms in total.